The predicted molar refractivity (Wildman–Crippen MR) is 190 cm³/mol. The van der Waals surface area contributed by atoms with Crippen molar-refractivity contribution in [1.82, 2.24) is 34.6 Å². The van der Waals surface area contributed by atoms with E-state index >= 15 is 0 Å². The van der Waals surface area contributed by atoms with Gasteiger partial charge in [0.15, 0.2) is 5.78 Å². The molecule has 2 aliphatic rings. The molecule has 5 heterocycles. The van der Waals surface area contributed by atoms with Crippen LogP contribution in [0.15, 0.2) is 53.5 Å². The van der Waals surface area contributed by atoms with Gasteiger partial charge in [-0.1, -0.05) is 37.8 Å². The van der Waals surface area contributed by atoms with Crippen LogP contribution in [0.5, 0.6) is 0 Å². The van der Waals surface area contributed by atoms with Crippen molar-refractivity contribution >= 4 is 61.6 Å². The van der Waals surface area contributed by atoms with Gasteiger partial charge in [-0.25, -0.2) is 19.9 Å². The second-order valence-corrected chi connectivity index (χ2v) is 14.9. The summed E-state index contributed by atoms with van der Waals surface area (Å²) in [5.74, 6) is 7.08. The van der Waals surface area contributed by atoms with Crippen LogP contribution in [-0.2, 0) is 22.6 Å². The number of halogens is 1. The number of pyridine rings is 1. The number of carbonyl (C=O) groups is 3. The van der Waals surface area contributed by atoms with Crippen LogP contribution in [0.25, 0.3) is 22.0 Å². The van der Waals surface area contributed by atoms with E-state index in [1.165, 1.54) is 11.8 Å². The number of ketones is 1. The largest absolute Gasteiger partial charge is 0.314 e. The molecule has 7 rings (SSSR count). The fourth-order valence-corrected chi connectivity index (χ4v) is 7.84. The van der Waals surface area contributed by atoms with E-state index in [1.807, 2.05) is 44.3 Å². The fourth-order valence-electron chi connectivity index (χ4n) is 6.48. The van der Waals surface area contributed by atoms with Crippen molar-refractivity contribution in [1.29, 1.82) is 0 Å². The number of aromatic nitrogens is 6. The van der Waals surface area contributed by atoms with Gasteiger partial charge in [-0.15, -0.1) is 11.3 Å². The molecule has 0 saturated carbocycles. The van der Waals surface area contributed by atoms with Gasteiger partial charge in [0.05, 0.1) is 15.9 Å². The fraction of sp³-hybridized carbons (Fsp3) is 0.333. The molecule has 11 nitrogen and oxygen atoms in total. The van der Waals surface area contributed by atoms with Crippen molar-refractivity contribution in [2.45, 2.75) is 72.0 Å². The molecule has 0 spiro atoms. The zero-order chi connectivity index (χ0) is 34.6. The SMILES string of the molecule is CC(=O)c1nn(CC(=O)N2[C@H](C(=O)Nc3nc(Br)ccc3C)C[C@@]3(Cc4ncc(C(C)C)s4)C#C[C@@H]23)c2ccc(-c3cnc(C)nc3)cc12. The first-order valence-corrected chi connectivity index (χ1v) is 17.6. The maximum absolute atomic E-state index is 14.4. The Bertz CT molecular complexity index is 2220. The zero-order valence-electron chi connectivity index (χ0n) is 27.6. The van der Waals surface area contributed by atoms with Crippen LogP contribution in [0, 0.1) is 31.1 Å². The van der Waals surface area contributed by atoms with E-state index in [4.69, 9.17) is 0 Å². The Balaban J connectivity index is 1.22. The van der Waals surface area contributed by atoms with Crippen LogP contribution in [-0.4, -0.2) is 64.3 Å². The molecular weight excluding hydrogens is 704 g/mol. The summed E-state index contributed by atoms with van der Waals surface area (Å²) in [6.07, 6.45) is 6.26. The standard InChI is InChI=1S/C36H33BrN8O3S/c1-19(2)28-17-40-31(49-28)14-36-11-10-29(36)45(27(13-36)35(48)42-34-20(3)6-9-30(37)41-34)32(47)18-44-26-8-7-23(24-15-38-22(5)39-16-24)12-25(26)33(43-44)21(4)46/h6-9,12,15-17,19,27,29H,13-14,18H2,1-5H3,(H,41,42,48)/t27-,29+,36+/m0/s1. The molecule has 0 bridgehead atoms. The van der Waals surface area contributed by atoms with Crippen molar-refractivity contribution in [2.75, 3.05) is 5.32 Å². The summed E-state index contributed by atoms with van der Waals surface area (Å²) in [5.41, 5.74) is 2.68. The molecule has 1 fully saturated rings. The molecule has 1 aromatic carbocycles. The lowest BCUT2D eigenvalue weighted by molar-refractivity contribution is -0.138. The van der Waals surface area contributed by atoms with E-state index in [0.29, 0.717) is 45.9 Å². The van der Waals surface area contributed by atoms with Crippen molar-refractivity contribution in [3.63, 3.8) is 0 Å². The van der Waals surface area contributed by atoms with Gasteiger partial charge in [0, 0.05) is 47.8 Å². The Morgan fingerprint density at radius 3 is 2.53 bits per heavy atom. The molecule has 3 atom stereocenters. The van der Waals surface area contributed by atoms with Crippen molar-refractivity contribution in [3.8, 4) is 23.0 Å². The first-order valence-electron chi connectivity index (χ1n) is 16.0. The van der Waals surface area contributed by atoms with Crippen LogP contribution < -0.4 is 5.32 Å². The number of Topliss-reactive ketones (excluding diaryl/α,β-unsaturated/α-hetero) is 1. The van der Waals surface area contributed by atoms with Crippen LogP contribution >= 0.6 is 27.3 Å². The molecule has 1 aliphatic heterocycles. The predicted octanol–water partition coefficient (Wildman–Crippen LogP) is 5.90. The van der Waals surface area contributed by atoms with Gasteiger partial charge >= 0.3 is 0 Å². The number of carbonyl (C=O) groups excluding carboxylic acids is 3. The summed E-state index contributed by atoms with van der Waals surface area (Å²) in [6, 6.07) is 7.96. The number of aryl methyl sites for hydroxylation is 2. The molecule has 1 aliphatic carbocycles. The normalized spacial score (nSPS) is 19.4. The summed E-state index contributed by atoms with van der Waals surface area (Å²) in [5, 5.41) is 9.12. The number of fused-ring (bicyclic) bond motifs is 2. The minimum atomic E-state index is -0.827. The summed E-state index contributed by atoms with van der Waals surface area (Å²) in [4.78, 5) is 61.7. The number of hydrogen-bond donors (Lipinski definition) is 1. The van der Waals surface area contributed by atoms with Gasteiger partial charge < -0.3 is 10.2 Å². The van der Waals surface area contributed by atoms with Crippen LogP contribution in [0.3, 0.4) is 0 Å². The Kier molecular flexibility index (Phi) is 8.40. The van der Waals surface area contributed by atoms with Gasteiger partial charge in [-0.2, -0.15) is 5.10 Å². The molecule has 4 aromatic heterocycles. The first kappa shape index (κ1) is 32.7. The maximum atomic E-state index is 14.4. The third-order valence-electron chi connectivity index (χ3n) is 9.14. The number of nitrogens with zero attached hydrogens (tertiary/aromatic N) is 7. The minimum absolute atomic E-state index is 0.183. The average molecular weight is 738 g/mol. The molecule has 0 radical (unpaired) electrons. The molecule has 2 amide bonds. The molecule has 1 saturated heterocycles. The second-order valence-electron chi connectivity index (χ2n) is 12.9. The number of thiazole rings is 1. The van der Waals surface area contributed by atoms with Gasteiger partial charge in [-0.3, -0.25) is 19.1 Å². The number of likely N-dealkylation sites (tertiary alicyclic amines) is 1. The second kappa shape index (κ2) is 12.6. The lowest BCUT2D eigenvalue weighted by Crippen LogP contribution is -2.51. The lowest BCUT2D eigenvalue weighted by Gasteiger charge is -2.36. The van der Waals surface area contributed by atoms with E-state index in [-0.39, 0.29) is 29.8 Å². The third kappa shape index (κ3) is 6.04. The van der Waals surface area contributed by atoms with E-state index in [1.54, 1.807) is 39.4 Å². The van der Waals surface area contributed by atoms with E-state index in [0.717, 1.165) is 21.7 Å². The molecule has 5 aromatic rings. The first-order chi connectivity index (χ1) is 23.4. The number of hydrogen-bond acceptors (Lipinski definition) is 9. The number of amides is 2. The number of benzene rings is 1. The molecule has 1 N–H and O–H groups in total. The summed E-state index contributed by atoms with van der Waals surface area (Å²) < 4.78 is 2.13. The highest BCUT2D eigenvalue weighted by molar-refractivity contribution is 9.10. The monoisotopic (exact) mass is 736 g/mol. The summed E-state index contributed by atoms with van der Waals surface area (Å²) in [7, 11) is 0. The lowest BCUT2D eigenvalue weighted by atomic mass is 9.71. The molecule has 13 heteroatoms. The Hall–Kier alpha value is -4.80. The topological polar surface area (TPSA) is 136 Å². The molecule has 0 unspecified atom stereocenters. The highest BCUT2D eigenvalue weighted by Crippen LogP contribution is 2.48. The van der Waals surface area contributed by atoms with E-state index in [2.05, 4.69) is 72.0 Å². The van der Waals surface area contributed by atoms with E-state index < -0.39 is 17.5 Å². The van der Waals surface area contributed by atoms with Crippen LogP contribution in [0.1, 0.15) is 64.9 Å². The Morgan fingerprint density at radius 1 is 1.08 bits per heavy atom. The number of anilines is 1. The summed E-state index contributed by atoms with van der Waals surface area (Å²) in [6.45, 7) is 9.21. The molecule has 49 heavy (non-hydrogen) atoms. The van der Waals surface area contributed by atoms with E-state index in [9.17, 15) is 14.4 Å². The average Bonchev–Trinajstić information content (AvgIpc) is 3.73. The maximum Gasteiger partial charge on any atom is 0.248 e. The molecular formula is C36H33BrN8O3S. The third-order valence-corrected chi connectivity index (χ3v) is 10.9. The Labute approximate surface area is 295 Å². The van der Waals surface area contributed by atoms with Crippen molar-refractivity contribution in [2.24, 2.45) is 5.41 Å². The van der Waals surface area contributed by atoms with Crippen LogP contribution in [0.4, 0.5) is 5.82 Å². The zero-order valence-corrected chi connectivity index (χ0v) is 30.0. The minimum Gasteiger partial charge on any atom is -0.314 e. The van der Waals surface area contributed by atoms with Gasteiger partial charge in [-0.05, 0) is 71.4 Å². The van der Waals surface area contributed by atoms with Gasteiger partial charge in [0.2, 0.25) is 11.8 Å². The highest BCUT2D eigenvalue weighted by atomic mass is 79.9. The Morgan fingerprint density at radius 2 is 1.86 bits per heavy atom. The summed E-state index contributed by atoms with van der Waals surface area (Å²) >= 11 is 5.03. The van der Waals surface area contributed by atoms with Crippen molar-refractivity contribution in [3.05, 3.63) is 80.5 Å². The van der Waals surface area contributed by atoms with Gasteiger partial charge in [0.1, 0.15) is 40.6 Å². The number of nitrogens with one attached hydrogen (secondary N) is 1. The van der Waals surface area contributed by atoms with Crippen LogP contribution in [0.2, 0.25) is 0 Å². The molecule has 248 valence electrons. The van der Waals surface area contributed by atoms with Gasteiger partial charge in [0.25, 0.3) is 0 Å². The highest BCUT2D eigenvalue weighted by Gasteiger charge is 2.58. The smallest absolute Gasteiger partial charge is 0.248 e. The van der Waals surface area contributed by atoms with Crippen molar-refractivity contribution < 1.29 is 14.4 Å². The number of rotatable bonds is 9. The quantitative estimate of drug-likeness (QED) is 0.112.